The van der Waals surface area contributed by atoms with E-state index in [4.69, 9.17) is 9.47 Å². The van der Waals surface area contributed by atoms with Crippen molar-refractivity contribution in [3.63, 3.8) is 0 Å². The molecule has 0 spiro atoms. The summed E-state index contributed by atoms with van der Waals surface area (Å²) in [6.07, 6.45) is 4.77. The fourth-order valence-corrected chi connectivity index (χ4v) is 5.04. The van der Waals surface area contributed by atoms with Crippen LogP contribution >= 0.6 is 0 Å². The van der Waals surface area contributed by atoms with Crippen molar-refractivity contribution in [3.8, 4) is 5.75 Å². The van der Waals surface area contributed by atoms with Gasteiger partial charge < -0.3 is 24.4 Å². The van der Waals surface area contributed by atoms with Crippen molar-refractivity contribution in [3.05, 3.63) is 83.4 Å². The predicted octanol–water partition coefficient (Wildman–Crippen LogP) is 6.72. The van der Waals surface area contributed by atoms with E-state index in [1.54, 1.807) is 29.2 Å². The van der Waals surface area contributed by atoms with Gasteiger partial charge in [0.15, 0.2) is 0 Å². The summed E-state index contributed by atoms with van der Waals surface area (Å²) in [7, 11) is 2.14. The highest BCUT2D eigenvalue weighted by Crippen LogP contribution is 2.26. The highest BCUT2D eigenvalue weighted by atomic mass is 16.6. The molecule has 1 atom stereocenters. The lowest BCUT2D eigenvalue weighted by molar-refractivity contribution is 0.0252. The molecule has 1 heterocycles. The molecule has 7 heteroatoms. The third kappa shape index (κ3) is 8.09. The van der Waals surface area contributed by atoms with E-state index in [-0.39, 0.29) is 18.3 Å². The summed E-state index contributed by atoms with van der Waals surface area (Å²) < 4.78 is 12.1. The predicted molar refractivity (Wildman–Crippen MR) is 159 cm³/mol. The lowest BCUT2D eigenvalue weighted by Gasteiger charge is -2.30. The van der Waals surface area contributed by atoms with Gasteiger partial charge in [0.25, 0.3) is 0 Å². The minimum Gasteiger partial charge on any atom is -0.489 e. The van der Waals surface area contributed by atoms with Crippen LogP contribution in [0.1, 0.15) is 56.0 Å². The molecule has 0 saturated carbocycles. The quantitative estimate of drug-likeness (QED) is 0.305. The Bertz CT molecular complexity index is 1340. The molecule has 4 rings (SSSR count). The fraction of sp³-hybridized carbons (Fsp3) is 0.394. The Labute approximate surface area is 237 Å². The molecular weight excluding hydrogens is 504 g/mol. The molecule has 1 fully saturated rings. The van der Waals surface area contributed by atoms with Crippen molar-refractivity contribution < 1.29 is 24.2 Å². The molecule has 0 bridgehead atoms. The molecule has 212 valence electrons. The molecule has 1 unspecified atom stereocenters. The molecule has 1 aliphatic rings. The van der Waals surface area contributed by atoms with Crippen LogP contribution in [-0.4, -0.2) is 71.9 Å². The number of hydrogen-bond donors (Lipinski definition) is 1. The van der Waals surface area contributed by atoms with E-state index in [2.05, 4.69) is 11.9 Å². The van der Waals surface area contributed by atoms with Crippen LogP contribution in [0.15, 0.2) is 72.3 Å². The molecule has 7 nitrogen and oxygen atoms in total. The lowest BCUT2D eigenvalue weighted by atomic mass is 10.1. The number of rotatable bonds is 10. The maximum Gasteiger partial charge on any atom is 0.410 e. The molecule has 1 N–H and O–H groups in total. The summed E-state index contributed by atoms with van der Waals surface area (Å²) in [6, 6.07) is 21.2. The number of amides is 1. The topological polar surface area (TPSA) is 79.3 Å². The number of carbonyl (C=O) groups is 2. The van der Waals surface area contributed by atoms with Crippen LogP contribution in [0.25, 0.3) is 16.8 Å². The lowest BCUT2D eigenvalue weighted by Crippen LogP contribution is -2.41. The molecule has 1 aliphatic heterocycles. The first kappa shape index (κ1) is 29.2. The van der Waals surface area contributed by atoms with E-state index < -0.39 is 11.6 Å². The van der Waals surface area contributed by atoms with Crippen molar-refractivity contribution in [1.29, 1.82) is 0 Å². The monoisotopic (exact) mass is 544 g/mol. The van der Waals surface area contributed by atoms with E-state index in [0.717, 1.165) is 47.0 Å². The van der Waals surface area contributed by atoms with Gasteiger partial charge in [-0.2, -0.15) is 0 Å². The number of carbonyl (C=O) groups excluding carboxylic acids is 1. The smallest absolute Gasteiger partial charge is 0.410 e. The van der Waals surface area contributed by atoms with Crippen molar-refractivity contribution in [2.45, 2.75) is 51.7 Å². The van der Waals surface area contributed by atoms with Crippen molar-refractivity contribution in [2.24, 2.45) is 0 Å². The molecule has 0 aromatic heterocycles. The standard InChI is InChI=1S/C33H40N2O5/c1-33(2,3)40-32(38)35(20-18-28-11-8-19-34(28)4)22-25(21-24-14-16-27(17-15-24)31(36)37)23-39-30-13-7-10-26-9-5-6-12-29(26)30/h5-7,9-10,12-17,21,28H,8,11,18-20,22-23H2,1-4H3,(H,36,37)/b25-21-. The second-order valence-electron chi connectivity index (χ2n) is 11.5. The molecular formula is C33H40N2O5. The second kappa shape index (κ2) is 13.0. The number of fused-ring (bicyclic) bond motifs is 1. The zero-order valence-electron chi connectivity index (χ0n) is 23.9. The van der Waals surface area contributed by atoms with Gasteiger partial charge in [-0.15, -0.1) is 0 Å². The van der Waals surface area contributed by atoms with E-state index in [1.165, 1.54) is 6.42 Å². The number of benzene rings is 3. The van der Waals surface area contributed by atoms with Crippen molar-refractivity contribution in [2.75, 3.05) is 33.3 Å². The summed E-state index contributed by atoms with van der Waals surface area (Å²) in [5.74, 6) is -0.204. The Hall–Kier alpha value is -3.84. The third-order valence-electron chi connectivity index (χ3n) is 7.14. The van der Waals surface area contributed by atoms with Gasteiger partial charge in [0.05, 0.1) is 5.56 Å². The SMILES string of the molecule is CN1CCCC1CCN(C/C(=C/c1ccc(C(=O)O)cc1)COc1cccc2ccccc12)C(=O)OC(C)(C)C. The first-order chi connectivity index (χ1) is 19.1. The number of nitrogens with zero attached hydrogens (tertiary/aromatic N) is 2. The second-order valence-corrected chi connectivity index (χ2v) is 11.5. The molecule has 3 aromatic carbocycles. The van der Waals surface area contributed by atoms with E-state index in [9.17, 15) is 14.7 Å². The normalized spacial score (nSPS) is 16.2. The average molecular weight is 545 g/mol. The summed E-state index contributed by atoms with van der Waals surface area (Å²) >= 11 is 0. The number of carboxylic acids is 1. The van der Waals surface area contributed by atoms with Crippen LogP contribution in [0.2, 0.25) is 0 Å². The summed E-state index contributed by atoms with van der Waals surface area (Å²) in [6.45, 7) is 7.85. The van der Waals surface area contributed by atoms with Gasteiger partial charge in [-0.25, -0.2) is 9.59 Å². The molecule has 0 radical (unpaired) electrons. The Morgan fingerprint density at radius 3 is 2.45 bits per heavy atom. The van der Waals surface area contributed by atoms with Gasteiger partial charge in [0.1, 0.15) is 18.0 Å². The van der Waals surface area contributed by atoms with Gasteiger partial charge in [0, 0.05) is 24.5 Å². The van der Waals surface area contributed by atoms with Gasteiger partial charge >= 0.3 is 12.1 Å². The third-order valence-corrected chi connectivity index (χ3v) is 7.14. The molecule has 3 aromatic rings. The molecule has 0 aliphatic carbocycles. The summed E-state index contributed by atoms with van der Waals surface area (Å²) in [5.41, 5.74) is 1.32. The Kier molecular flexibility index (Phi) is 9.48. The first-order valence-electron chi connectivity index (χ1n) is 13.9. The highest BCUT2D eigenvalue weighted by molar-refractivity contribution is 5.88. The Morgan fingerprint density at radius 1 is 1.05 bits per heavy atom. The number of hydrogen-bond acceptors (Lipinski definition) is 5. The van der Waals surface area contributed by atoms with Crippen molar-refractivity contribution >= 4 is 28.9 Å². The molecule has 40 heavy (non-hydrogen) atoms. The molecule has 1 amide bonds. The highest BCUT2D eigenvalue weighted by Gasteiger charge is 2.26. The maximum atomic E-state index is 13.4. The van der Waals surface area contributed by atoms with Gasteiger partial charge in [-0.3, -0.25) is 0 Å². The minimum atomic E-state index is -0.969. The minimum absolute atomic E-state index is 0.224. The van der Waals surface area contributed by atoms with Gasteiger partial charge in [0.2, 0.25) is 0 Å². The number of ether oxygens (including phenoxy) is 2. The Morgan fingerprint density at radius 2 is 1.77 bits per heavy atom. The van der Waals surface area contributed by atoms with Crippen LogP contribution < -0.4 is 4.74 Å². The average Bonchev–Trinajstić information content (AvgIpc) is 3.33. The van der Waals surface area contributed by atoms with Gasteiger partial charge in [-0.1, -0.05) is 54.6 Å². The molecule has 1 saturated heterocycles. The number of aromatic carboxylic acids is 1. The largest absolute Gasteiger partial charge is 0.489 e. The van der Waals surface area contributed by atoms with Crippen LogP contribution in [-0.2, 0) is 4.74 Å². The maximum absolute atomic E-state index is 13.4. The van der Waals surface area contributed by atoms with E-state index in [1.807, 2.05) is 69.3 Å². The number of likely N-dealkylation sites (tertiary alicyclic amines) is 1. The van der Waals surface area contributed by atoms with Crippen LogP contribution in [0.3, 0.4) is 0 Å². The van der Waals surface area contributed by atoms with Crippen LogP contribution in [0.5, 0.6) is 5.75 Å². The summed E-state index contributed by atoms with van der Waals surface area (Å²) in [4.78, 5) is 28.8. The van der Waals surface area contributed by atoms with Crippen molar-refractivity contribution in [1.82, 2.24) is 9.80 Å². The van der Waals surface area contributed by atoms with Gasteiger partial charge in [-0.05, 0) is 88.3 Å². The van der Waals surface area contributed by atoms with Crippen LogP contribution in [0, 0.1) is 0 Å². The summed E-state index contributed by atoms with van der Waals surface area (Å²) in [5, 5.41) is 11.4. The Balaban J connectivity index is 1.60. The zero-order chi connectivity index (χ0) is 28.7. The number of carboxylic acid groups (broad SMARTS) is 1. The van der Waals surface area contributed by atoms with E-state index >= 15 is 0 Å². The van der Waals surface area contributed by atoms with E-state index in [0.29, 0.717) is 19.1 Å². The first-order valence-corrected chi connectivity index (χ1v) is 13.9. The fourth-order valence-electron chi connectivity index (χ4n) is 5.04. The van der Waals surface area contributed by atoms with Crippen LogP contribution in [0.4, 0.5) is 4.79 Å². The zero-order valence-corrected chi connectivity index (χ0v) is 23.9.